The van der Waals surface area contributed by atoms with E-state index < -0.39 is 0 Å². The van der Waals surface area contributed by atoms with Gasteiger partial charge in [0.05, 0.1) is 33.1 Å². The number of aromatic nitrogens is 4. The van der Waals surface area contributed by atoms with Crippen molar-refractivity contribution in [3.05, 3.63) is 218 Å². The van der Waals surface area contributed by atoms with E-state index in [1.165, 1.54) is 43.6 Å². The second-order valence-corrected chi connectivity index (χ2v) is 16.2. The predicted molar refractivity (Wildman–Crippen MR) is 251 cm³/mol. The van der Waals surface area contributed by atoms with Crippen LogP contribution in [-0.2, 0) is 0 Å². The Morgan fingerprint density at radius 2 is 0.542 bits per heavy atom. The maximum Gasteiger partial charge on any atom is 0.0702 e. The predicted octanol–water partition coefficient (Wildman–Crippen LogP) is 14.7. The minimum Gasteiger partial charge on any atom is -0.309 e. The van der Waals surface area contributed by atoms with E-state index in [2.05, 4.69) is 237 Å². The van der Waals surface area contributed by atoms with E-state index in [9.17, 15) is 0 Å². The van der Waals surface area contributed by atoms with Crippen LogP contribution >= 0.6 is 11.3 Å². The van der Waals surface area contributed by atoms with Crippen molar-refractivity contribution in [3.63, 3.8) is 0 Å². The Kier molecular flexibility index (Phi) is 7.68. The van der Waals surface area contributed by atoms with Gasteiger partial charge >= 0.3 is 0 Å². The van der Waals surface area contributed by atoms with Crippen molar-refractivity contribution in [2.24, 2.45) is 0 Å². The van der Waals surface area contributed by atoms with Crippen LogP contribution in [0.25, 0.3) is 97.8 Å². The molecule has 4 nitrogen and oxygen atoms in total. The van der Waals surface area contributed by atoms with Gasteiger partial charge in [-0.15, -0.1) is 11.3 Å². The largest absolute Gasteiger partial charge is 0.309 e. The minimum atomic E-state index is 1.07. The third kappa shape index (κ3) is 5.43. The van der Waals surface area contributed by atoms with Gasteiger partial charge in [0.25, 0.3) is 0 Å². The third-order valence-corrected chi connectivity index (χ3v) is 12.5. The summed E-state index contributed by atoms with van der Waals surface area (Å²) in [5.41, 5.74) is 13.4. The maximum atomic E-state index is 2.43. The topological polar surface area (TPSA) is 19.7 Å². The Balaban J connectivity index is 1.32. The lowest BCUT2D eigenvalue weighted by atomic mass is 10.2. The van der Waals surface area contributed by atoms with E-state index in [0.717, 1.165) is 54.2 Å². The molecule has 3 heterocycles. The maximum absolute atomic E-state index is 2.43. The van der Waals surface area contributed by atoms with Gasteiger partial charge < -0.3 is 18.3 Å². The Labute approximate surface area is 344 Å². The molecule has 4 bridgehead atoms. The summed E-state index contributed by atoms with van der Waals surface area (Å²) in [6.45, 7) is 0. The fraction of sp³-hybridized carbons (Fsp3) is 0. The van der Waals surface area contributed by atoms with Crippen molar-refractivity contribution in [2.45, 2.75) is 0 Å². The number of benzene rings is 9. The molecule has 0 aliphatic carbocycles. The molecule has 0 saturated heterocycles. The van der Waals surface area contributed by atoms with Gasteiger partial charge in [0.2, 0.25) is 0 Å². The van der Waals surface area contributed by atoms with Gasteiger partial charge in [-0.25, -0.2) is 0 Å². The van der Waals surface area contributed by atoms with Gasteiger partial charge in [0.1, 0.15) is 0 Å². The van der Waals surface area contributed by atoms with Gasteiger partial charge in [-0.3, -0.25) is 0 Å². The summed E-state index contributed by atoms with van der Waals surface area (Å²) in [5.74, 6) is 0. The summed E-state index contributed by atoms with van der Waals surface area (Å²) in [5, 5.41) is 4.97. The molecule has 9 aromatic carbocycles. The first-order valence-corrected chi connectivity index (χ1v) is 20.8. The molecular weight excluding hydrogens is 737 g/mol. The minimum absolute atomic E-state index is 1.07. The molecule has 12 aromatic rings. The highest BCUT2D eigenvalue weighted by atomic mass is 32.1. The molecule has 278 valence electrons. The molecule has 59 heavy (non-hydrogen) atoms. The lowest BCUT2D eigenvalue weighted by Crippen LogP contribution is -2.03. The molecule has 0 amide bonds. The molecule has 0 aliphatic heterocycles. The first-order chi connectivity index (χ1) is 29.3. The molecule has 0 radical (unpaired) electrons. The number of hydrogen-bond donors (Lipinski definition) is 0. The second kappa shape index (κ2) is 13.5. The summed E-state index contributed by atoms with van der Waals surface area (Å²) < 4.78 is 12.0. The molecule has 0 aliphatic rings. The van der Waals surface area contributed by atoms with E-state index in [4.69, 9.17) is 0 Å². The molecule has 12 rings (SSSR count). The fourth-order valence-corrected chi connectivity index (χ4v) is 10.1. The molecule has 0 saturated carbocycles. The van der Waals surface area contributed by atoms with Crippen molar-refractivity contribution in [3.8, 4) is 22.7 Å². The normalized spacial score (nSPS) is 11.7. The van der Waals surface area contributed by atoms with Crippen LogP contribution in [0.15, 0.2) is 218 Å². The van der Waals surface area contributed by atoms with Crippen LogP contribution in [0.3, 0.4) is 0 Å². The van der Waals surface area contributed by atoms with Crippen LogP contribution in [-0.4, -0.2) is 18.3 Å². The monoisotopic (exact) mass is 772 g/mol. The molecule has 5 heteroatoms. The van der Waals surface area contributed by atoms with E-state index in [1.807, 2.05) is 11.3 Å². The summed E-state index contributed by atoms with van der Waals surface area (Å²) in [7, 11) is 0. The lowest BCUT2D eigenvalue weighted by Gasteiger charge is -2.17. The van der Waals surface area contributed by atoms with Crippen molar-refractivity contribution in [2.75, 3.05) is 0 Å². The van der Waals surface area contributed by atoms with E-state index >= 15 is 0 Å². The van der Waals surface area contributed by atoms with Crippen molar-refractivity contribution in [1.29, 1.82) is 0 Å². The van der Waals surface area contributed by atoms with Crippen LogP contribution in [0, 0.1) is 0 Å². The average molecular weight is 773 g/mol. The van der Waals surface area contributed by atoms with Crippen LogP contribution < -0.4 is 0 Å². The molecular formula is C54H36N4S. The summed E-state index contributed by atoms with van der Waals surface area (Å²) in [6, 6.07) is 79.6. The highest BCUT2D eigenvalue weighted by molar-refractivity contribution is 7.22. The van der Waals surface area contributed by atoms with E-state index in [0.29, 0.717) is 0 Å². The fourth-order valence-electron chi connectivity index (χ4n) is 9.16. The van der Waals surface area contributed by atoms with Crippen molar-refractivity contribution in [1.82, 2.24) is 18.3 Å². The van der Waals surface area contributed by atoms with Gasteiger partial charge in [-0.05, 0) is 97.1 Å². The molecule has 0 N–H and O–H groups in total. The van der Waals surface area contributed by atoms with Gasteiger partial charge in [0.15, 0.2) is 0 Å². The van der Waals surface area contributed by atoms with Crippen LogP contribution in [0.5, 0.6) is 0 Å². The van der Waals surface area contributed by atoms with E-state index in [1.54, 1.807) is 0 Å². The highest BCUT2D eigenvalue weighted by Gasteiger charge is 2.16. The van der Waals surface area contributed by atoms with Crippen molar-refractivity contribution < 1.29 is 0 Å². The van der Waals surface area contributed by atoms with Crippen LogP contribution in [0.1, 0.15) is 0 Å². The van der Waals surface area contributed by atoms with E-state index in [-0.39, 0.29) is 0 Å². The zero-order valence-electron chi connectivity index (χ0n) is 32.0. The van der Waals surface area contributed by atoms with Gasteiger partial charge in [-0.1, -0.05) is 121 Å². The Morgan fingerprint density at radius 3 is 0.898 bits per heavy atom. The second-order valence-electron chi connectivity index (χ2n) is 15.0. The zero-order chi connectivity index (χ0) is 38.9. The smallest absolute Gasteiger partial charge is 0.0702 e. The highest BCUT2D eigenvalue weighted by Crippen LogP contribution is 2.37. The average Bonchev–Trinajstić information content (AvgIpc) is 3.81. The number of nitrogens with zero attached hydrogens (tertiary/aromatic N) is 4. The Hall–Kier alpha value is -7.60. The molecule has 0 atom stereocenters. The number of fused-ring (bicyclic) bond motifs is 11. The van der Waals surface area contributed by atoms with Crippen LogP contribution in [0.2, 0.25) is 0 Å². The quantitative estimate of drug-likeness (QED) is 0.170. The van der Waals surface area contributed by atoms with Gasteiger partial charge in [0, 0.05) is 64.7 Å². The first-order valence-electron chi connectivity index (χ1n) is 20.0. The number of hydrogen-bond acceptors (Lipinski definition) is 1. The summed E-state index contributed by atoms with van der Waals surface area (Å²) >= 11 is 1.81. The Morgan fingerprint density at radius 1 is 0.237 bits per heavy atom. The SMILES string of the molecule is c1ccc(-n2c3cc(-n4c5ccccc5c5ccccc54)cc(c3)sc3cc(-n4c5ccccc5c5ccccc54)cc(c3)n(-c3ccccc3)c3ccccc32)cc1. The first kappa shape index (κ1) is 33.5. The Bertz CT molecular complexity index is 3320. The summed E-state index contributed by atoms with van der Waals surface area (Å²) in [4.78, 5) is 0. The van der Waals surface area contributed by atoms with Crippen LogP contribution in [0.4, 0.5) is 0 Å². The number of para-hydroxylation sites is 8. The molecule has 3 aromatic heterocycles. The molecule has 0 unspecified atom stereocenters. The lowest BCUT2D eigenvalue weighted by molar-refractivity contribution is 1.11. The van der Waals surface area contributed by atoms with Crippen molar-refractivity contribution >= 4 is 86.4 Å². The van der Waals surface area contributed by atoms with Gasteiger partial charge in [-0.2, -0.15) is 0 Å². The molecule has 0 fully saturated rings. The standard InChI is InChI=1S/C54H36N4S/c1-3-17-37(18-4-1)55-39-31-41(57-49-25-11-7-21-45(49)46-22-8-12-26-50(46)57)35-43(33-39)59-44-34-40(56(38-19-5-2-6-20-38)54-30-16-15-29-53(54)55)32-42(36-44)58-51-27-13-9-23-47(51)48-24-10-14-28-52(48)58/h1-36H. The third-order valence-electron chi connectivity index (χ3n) is 11.6. The summed E-state index contributed by atoms with van der Waals surface area (Å²) in [6.07, 6.45) is 0. The molecule has 0 spiro atoms. The zero-order valence-corrected chi connectivity index (χ0v) is 32.8. The number of rotatable bonds is 4.